The average molecular weight is 521 g/mol. The van der Waals surface area contributed by atoms with Crippen LogP contribution in [0, 0.1) is 11.8 Å². The molecule has 3 aromatic rings. The number of piperidine rings is 1. The summed E-state index contributed by atoms with van der Waals surface area (Å²) in [5, 5.41) is 21.4. The Morgan fingerprint density at radius 1 is 1.05 bits per heavy atom. The summed E-state index contributed by atoms with van der Waals surface area (Å²) in [5.74, 6) is 1.61. The number of benzene rings is 2. The normalized spacial score (nSPS) is 18.8. The summed E-state index contributed by atoms with van der Waals surface area (Å²) in [5.41, 5.74) is 3.01. The van der Waals surface area contributed by atoms with Gasteiger partial charge in [0.25, 0.3) is 0 Å². The van der Waals surface area contributed by atoms with Gasteiger partial charge in [0.2, 0.25) is 0 Å². The fourth-order valence-electron chi connectivity index (χ4n) is 5.77. The lowest BCUT2D eigenvalue weighted by Crippen LogP contribution is -2.41. The van der Waals surface area contributed by atoms with Gasteiger partial charge in [-0.15, -0.1) is 0 Å². The van der Waals surface area contributed by atoms with Crippen molar-refractivity contribution < 1.29 is 24.5 Å². The molecule has 204 valence electrons. The molecule has 1 aliphatic heterocycles. The molecule has 0 saturated carbocycles. The van der Waals surface area contributed by atoms with Crippen molar-refractivity contribution in [3.63, 3.8) is 0 Å². The molecule has 2 aromatic carbocycles. The number of fused-ring (bicyclic) bond motifs is 1. The third-order valence-electron chi connectivity index (χ3n) is 7.96. The molecule has 2 unspecified atom stereocenters. The van der Waals surface area contributed by atoms with E-state index in [0.29, 0.717) is 24.7 Å². The number of carboxylic acids is 1. The molecule has 1 saturated heterocycles. The average Bonchev–Trinajstić information content (AvgIpc) is 2.95. The lowest BCUT2D eigenvalue weighted by molar-refractivity contribution is -0.137. The Balaban J connectivity index is 1.33. The zero-order valence-corrected chi connectivity index (χ0v) is 22.5. The molecule has 38 heavy (non-hydrogen) atoms. The molecule has 0 aliphatic carbocycles. The lowest BCUT2D eigenvalue weighted by Gasteiger charge is -2.39. The molecule has 0 bridgehead atoms. The van der Waals surface area contributed by atoms with Crippen LogP contribution in [0.25, 0.3) is 10.9 Å². The van der Waals surface area contributed by atoms with E-state index in [1.807, 2.05) is 36.4 Å². The highest BCUT2D eigenvalue weighted by molar-refractivity contribution is 5.83. The van der Waals surface area contributed by atoms with E-state index in [9.17, 15) is 15.0 Å². The van der Waals surface area contributed by atoms with Crippen LogP contribution in [0.1, 0.15) is 55.8 Å². The van der Waals surface area contributed by atoms with Crippen LogP contribution in [0.15, 0.2) is 54.7 Å². The van der Waals surface area contributed by atoms with Gasteiger partial charge in [-0.1, -0.05) is 12.1 Å². The van der Waals surface area contributed by atoms with Crippen LogP contribution in [0.3, 0.4) is 0 Å². The molecule has 1 aliphatic rings. The number of aliphatic hydroxyl groups excluding tert-OH is 1. The van der Waals surface area contributed by atoms with Gasteiger partial charge in [0, 0.05) is 24.5 Å². The Morgan fingerprint density at radius 2 is 1.82 bits per heavy atom. The van der Waals surface area contributed by atoms with Gasteiger partial charge in [-0.05, 0) is 111 Å². The van der Waals surface area contributed by atoms with E-state index in [1.54, 1.807) is 20.4 Å². The molecular weight excluding hydrogens is 480 g/mol. The summed E-state index contributed by atoms with van der Waals surface area (Å²) in [6.45, 7) is 2.95. The molecule has 1 fully saturated rings. The summed E-state index contributed by atoms with van der Waals surface area (Å²) >= 11 is 0. The topological polar surface area (TPSA) is 92.1 Å². The fourth-order valence-corrected chi connectivity index (χ4v) is 5.77. The Kier molecular flexibility index (Phi) is 9.96. The monoisotopic (exact) mass is 520 g/mol. The van der Waals surface area contributed by atoms with E-state index in [4.69, 9.17) is 9.47 Å². The van der Waals surface area contributed by atoms with Gasteiger partial charge in [-0.25, -0.2) is 0 Å². The minimum atomic E-state index is -0.738. The van der Waals surface area contributed by atoms with E-state index in [0.717, 1.165) is 73.3 Å². The molecule has 2 heterocycles. The van der Waals surface area contributed by atoms with Gasteiger partial charge in [0.05, 0.1) is 25.8 Å². The molecule has 1 aromatic heterocycles. The van der Waals surface area contributed by atoms with Crippen molar-refractivity contribution in [2.75, 3.05) is 33.9 Å². The van der Waals surface area contributed by atoms with Crippen molar-refractivity contribution in [1.82, 2.24) is 9.88 Å². The number of carbonyl (C=O) groups is 1. The van der Waals surface area contributed by atoms with Crippen LogP contribution in [0.4, 0.5) is 0 Å². The standard InChI is InChI=1S/C31H40N2O5/c1-37-25-9-5-22(6-10-25)4-3-18-33-19-16-23(24(21-33)8-14-31(35)36)7-13-30(34)27-15-17-32-29-12-11-26(38-2)20-28(27)29/h5-6,9-12,15,17,20,23-24,30,34H,3-4,7-8,13-14,16,18-19,21H2,1-2H3,(H,35,36)/t23?,24?,30-/m0/s1. The van der Waals surface area contributed by atoms with Gasteiger partial charge in [0.1, 0.15) is 11.5 Å². The number of pyridine rings is 1. The summed E-state index contributed by atoms with van der Waals surface area (Å²) in [4.78, 5) is 18.3. The van der Waals surface area contributed by atoms with Crippen molar-refractivity contribution in [2.45, 2.75) is 51.0 Å². The highest BCUT2D eigenvalue weighted by Gasteiger charge is 2.30. The van der Waals surface area contributed by atoms with Crippen LogP contribution in [0.2, 0.25) is 0 Å². The van der Waals surface area contributed by atoms with Crippen molar-refractivity contribution in [3.8, 4) is 11.5 Å². The van der Waals surface area contributed by atoms with Crippen LogP contribution >= 0.6 is 0 Å². The Bertz CT molecular complexity index is 1180. The molecule has 0 spiro atoms. The molecule has 7 heteroatoms. The highest BCUT2D eigenvalue weighted by Crippen LogP contribution is 2.35. The second-order valence-corrected chi connectivity index (χ2v) is 10.4. The van der Waals surface area contributed by atoms with Crippen molar-refractivity contribution in [3.05, 3.63) is 65.9 Å². The molecular formula is C31H40N2O5. The number of aromatic nitrogens is 1. The van der Waals surface area contributed by atoms with Crippen molar-refractivity contribution in [2.24, 2.45) is 11.8 Å². The van der Waals surface area contributed by atoms with E-state index < -0.39 is 12.1 Å². The molecule has 2 N–H and O–H groups in total. The minimum absolute atomic E-state index is 0.193. The smallest absolute Gasteiger partial charge is 0.303 e. The first-order valence-corrected chi connectivity index (χ1v) is 13.6. The maximum atomic E-state index is 11.4. The highest BCUT2D eigenvalue weighted by atomic mass is 16.5. The quantitative estimate of drug-likeness (QED) is 0.307. The van der Waals surface area contributed by atoms with Gasteiger partial charge in [-0.3, -0.25) is 9.78 Å². The number of carboxylic acid groups (broad SMARTS) is 1. The Morgan fingerprint density at radius 3 is 2.55 bits per heavy atom. The number of hydrogen-bond donors (Lipinski definition) is 2. The van der Waals surface area contributed by atoms with Crippen molar-refractivity contribution >= 4 is 16.9 Å². The second kappa shape index (κ2) is 13.6. The summed E-state index contributed by atoms with van der Waals surface area (Å²) < 4.78 is 10.6. The first-order chi connectivity index (χ1) is 18.5. The first kappa shape index (κ1) is 27.9. The molecule has 0 radical (unpaired) electrons. The van der Waals surface area contributed by atoms with E-state index in [2.05, 4.69) is 22.0 Å². The first-order valence-electron chi connectivity index (χ1n) is 13.6. The zero-order chi connectivity index (χ0) is 26.9. The number of methoxy groups -OCH3 is 2. The zero-order valence-electron chi connectivity index (χ0n) is 22.5. The third-order valence-corrected chi connectivity index (χ3v) is 7.96. The number of aryl methyl sites for hydroxylation is 1. The summed E-state index contributed by atoms with van der Waals surface area (Å²) in [6.07, 6.45) is 6.65. The van der Waals surface area contributed by atoms with Crippen LogP contribution < -0.4 is 9.47 Å². The number of nitrogens with zero attached hydrogens (tertiary/aromatic N) is 2. The third kappa shape index (κ3) is 7.45. The largest absolute Gasteiger partial charge is 0.497 e. The number of aliphatic hydroxyl groups is 1. The minimum Gasteiger partial charge on any atom is -0.497 e. The van der Waals surface area contributed by atoms with E-state index in [1.165, 1.54) is 5.56 Å². The van der Waals surface area contributed by atoms with Crippen LogP contribution in [-0.4, -0.2) is 59.9 Å². The molecule has 3 atom stereocenters. The van der Waals surface area contributed by atoms with Crippen LogP contribution in [0.5, 0.6) is 11.5 Å². The predicted molar refractivity (Wildman–Crippen MR) is 149 cm³/mol. The summed E-state index contributed by atoms with van der Waals surface area (Å²) in [7, 11) is 3.31. The number of aliphatic carboxylic acids is 1. The maximum absolute atomic E-state index is 11.4. The molecule has 4 rings (SSSR count). The Labute approximate surface area is 225 Å². The SMILES string of the molecule is COc1ccc(CCCN2CCC(CC[C@H](O)c3ccnc4ccc(OC)cc34)C(CCC(=O)O)C2)cc1. The molecule has 0 amide bonds. The lowest BCUT2D eigenvalue weighted by atomic mass is 9.79. The van der Waals surface area contributed by atoms with E-state index in [-0.39, 0.29) is 6.42 Å². The van der Waals surface area contributed by atoms with Crippen LogP contribution in [-0.2, 0) is 11.2 Å². The number of ether oxygens (including phenoxy) is 2. The van der Waals surface area contributed by atoms with E-state index >= 15 is 0 Å². The predicted octanol–water partition coefficient (Wildman–Crippen LogP) is 5.50. The molecule has 7 nitrogen and oxygen atoms in total. The second-order valence-electron chi connectivity index (χ2n) is 10.4. The maximum Gasteiger partial charge on any atom is 0.303 e. The number of rotatable bonds is 13. The Hall–Kier alpha value is -3.16. The van der Waals surface area contributed by atoms with Gasteiger partial charge >= 0.3 is 5.97 Å². The van der Waals surface area contributed by atoms with Gasteiger partial charge in [-0.2, -0.15) is 0 Å². The fraction of sp³-hybridized carbons (Fsp3) is 0.484. The number of likely N-dealkylation sites (tertiary alicyclic amines) is 1. The van der Waals surface area contributed by atoms with Gasteiger partial charge < -0.3 is 24.6 Å². The summed E-state index contributed by atoms with van der Waals surface area (Å²) in [6, 6.07) is 15.9. The van der Waals surface area contributed by atoms with Crippen molar-refractivity contribution in [1.29, 1.82) is 0 Å². The van der Waals surface area contributed by atoms with Gasteiger partial charge in [0.15, 0.2) is 0 Å². The number of hydrogen-bond acceptors (Lipinski definition) is 6.